The van der Waals surface area contributed by atoms with Crippen molar-refractivity contribution in [1.29, 1.82) is 0 Å². The molecule has 5 rings (SSSR count). The van der Waals surface area contributed by atoms with Crippen molar-refractivity contribution in [3.8, 4) is 0 Å². The molecule has 310 valence electrons. The van der Waals surface area contributed by atoms with Crippen LogP contribution in [0.1, 0.15) is 202 Å². The molecule has 5 fully saturated rings. The number of aliphatic hydroxyl groups excluding tert-OH is 2. The Hall–Kier alpha value is -1.40. The lowest BCUT2D eigenvalue weighted by Gasteiger charge is -2.66. The van der Waals surface area contributed by atoms with E-state index in [0.717, 1.165) is 70.9 Å². The van der Waals surface area contributed by atoms with Gasteiger partial charge in [0.2, 0.25) is 11.8 Å². The van der Waals surface area contributed by atoms with Crippen LogP contribution < -0.4 is 5.32 Å². The van der Waals surface area contributed by atoms with Crippen LogP contribution in [0.2, 0.25) is 0 Å². The second-order valence-electron chi connectivity index (χ2n) is 20.2. The Morgan fingerprint density at radius 1 is 0.759 bits per heavy atom. The van der Waals surface area contributed by atoms with Gasteiger partial charge in [-0.2, -0.15) is 0 Å². The van der Waals surface area contributed by atoms with E-state index in [1.165, 1.54) is 96.3 Å². The number of fused-ring (bicyclic) bond motifs is 5. The van der Waals surface area contributed by atoms with Crippen LogP contribution in [0.15, 0.2) is 12.2 Å². The summed E-state index contributed by atoms with van der Waals surface area (Å²) in [5.41, 5.74) is 0.458. The number of rotatable bonds is 20. The third-order valence-electron chi connectivity index (χ3n) is 16.8. The van der Waals surface area contributed by atoms with Crippen LogP contribution >= 0.6 is 0 Å². The van der Waals surface area contributed by atoms with Gasteiger partial charge in [0, 0.05) is 32.0 Å². The van der Waals surface area contributed by atoms with Gasteiger partial charge in [-0.05, 0) is 149 Å². The number of carbonyl (C=O) groups excluding carboxylic acids is 2. The molecule has 4 aliphatic carbocycles. The zero-order valence-corrected chi connectivity index (χ0v) is 35.7. The number of allylic oxidation sites excluding steroid dienone is 2. The van der Waals surface area contributed by atoms with E-state index in [-0.39, 0.29) is 40.4 Å². The van der Waals surface area contributed by atoms with Crippen molar-refractivity contribution < 1.29 is 19.8 Å². The lowest BCUT2D eigenvalue weighted by Crippen LogP contribution is -2.62. The molecule has 6 heteroatoms. The molecule has 10 unspecified atom stereocenters. The van der Waals surface area contributed by atoms with Crippen LogP contribution in [0.5, 0.6) is 0 Å². The van der Waals surface area contributed by atoms with Crippen molar-refractivity contribution in [2.45, 2.75) is 220 Å². The molecule has 0 radical (unpaired) electrons. The van der Waals surface area contributed by atoms with Crippen molar-refractivity contribution in [2.75, 3.05) is 13.1 Å². The number of nitrogens with zero attached hydrogens (tertiary/aromatic N) is 1. The maximum atomic E-state index is 13.2. The zero-order chi connectivity index (χ0) is 38.8. The second kappa shape index (κ2) is 20.3. The van der Waals surface area contributed by atoms with Gasteiger partial charge in [0.15, 0.2) is 0 Å². The summed E-state index contributed by atoms with van der Waals surface area (Å²) >= 11 is 0. The number of hydrogen-bond donors (Lipinski definition) is 3. The van der Waals surface area contributed by atoms with Crippen molar-refractivity contribution in [3.05, 3.63) is 12.2 Å². The topological polar surface area (TPSA) is 89.9 Å². The lowest BCUT2D eigenvalue weighted by atomic mass is 9.39. The molecule has 1 aliphatic heterocycles. The number of piperidine rings is 1. The first kappa shape index (κ1) is 43.7. The molecule has 54 heavy (non-hydrogen) atoms. The summed E-state index contributed by atoms with van der Waals surface area (Å²) in [6.45, 7) is 13.6. The summed E-state index contributed by atoms with van der Waals surface area (Å²) in [6.07, 6.45) is 33.2. The third kappa shape index (κ3) is 10.6. The molecule has 2 amide bonds. The molecule has 6 nitrogen and oxygen atoms in total. The summed E-state index contributed by atoms with van der Waals surface area (Å²) in [5, 5.41) is 25.7. The van der Waals surface area contributed by atoms with E-state index >= 15 is 0 Å². The fourth-order valence-electron chi connectivity index (χ4n) is 13.3. The Kier molecular flexibility index (Phi) is 16.5. The molecular weight excluding hydrogens is 669 g/mol. The van der Waals surface area contributed by atoms with Crippen molar-refractivity contribution in [1.82, 2.24) is 10.2 Å². The molecule has 1 heterocycles. The summed E-state index contributed by atoms with van der Waals surface area (Å²) in [5.74, 6) is 3.05. The highest BCUT2D eigenvalue weighted by Crippen LogP contribution is 2.71. The van der Waals surface area contributed by atoms with Crippen LogP contribution in [-0.4, -0.2) is 58.3 Å². The molecule has 0 aromatic rings. The minimum Gasteiger partial charge on any atom is -0.393 e. The minimum atomic E-state index is -0.267. The van der Waals surface area contributed by atoms with Crippen LogP contribution in [0.25, 0.3) is 0 Å². The van der Waals surface area contributed by atoms with Crippen molar-refractivity contribution in [3.63, 3.8) is 0 Å². The lowest BCUT2D eigenvalue weighted by molar-refractivity contribution is -0.210. The summed E-state index contributed by atoms with van der Waals surface area (Å²) in [7, 11) is 0. The molecule has 0 aromatic heterocycles. The van der Waals surface area contributed by atoms with Crippen molar-refractivity contribution in [2.24, 2.45) is 45.8 Å². The molecule has 0 bridgehead atoms. The predicted molar refractivity (Wildman–Crippen MR) is 223 cm³/mol. The van der Waals surface area contributed by atoms with Gasteiger partial charge in [-0.25, -0.2) is 0 Å². The number of carbonyl (C=O) groups is 2. The van der Waals surface area contributed by atoms with Crippen molar-refractivity contribution >= 4 is 11.8 Å². The van der Waals surface area contributed by atoms with Crippen LogP contribution in [-0.2, 0) is 9.59 Å². The highest BCUT2D eigenvalue weighted by atomic mass is 16.3. The van der Waals surface area contributed by atoms with Gasteiger partial charge in [0.1, 0.15) is 0 Å². The summed E-state index contributed by atoms with van der Waals surface area (Å²) in [6, 6.07) is 0.182. The number of hydrogen-bond acceptors (Lipinski definition) is 4. The van der Waals surface area contributed by atoms with E-state index in [0.29, 0.717) is 48.3 Å². The van der Waals surface area contributed by atoms with Gasteiger partial charge in [-0.1, -0.05) is 98.1 Å². The molecular formula is C48H84N2O4. The first-order valence-electron chi connectivity index (χ1n) is 23.5. The fourth-order valence-corrected chi connectivity index (χ4v) is 13.3. The van der Waals surface area contributed by atoms with Gasteiger partial charge in [0.25, 0.3) is 0 Å². The Balaban J connectivity index is 0.932. The number of unbranched alkanes of at least 4 members (excludes halogenated alkanes) is 11. The zero-order valence-electron chi connectivity index (χ0n) is 35.7. The molecule has 3 N–H and O–H groups in total. The fraction of sp³-hybridized carbons (Fsp3) is 0.917. The van der Waals surface area contributed by atoms with Crippen LogP contribution in [0, 0.1) is 45.8 Å². The predicted octanol–water partition coefficient (Wildman–Crippen LogP) is 10.9. The molecule has 5 aliphatic rings. The van der Waals surface area contributed by atoms with E-state index in [1.807, 2.05) is 4.90 Å². The average molecular weight is 753 g/mol. The van der Waals surface area contributed by atoms with E-state index in [4.69, 9.17) is 0 Å². The summed E-state index contributed by atoms with van der Waals surface area (Å²) in [4.78, 5) is 28.1. The van der Waals surface area contributed by atoms with E-state index in [2.05, 4.69) is 52.1 Å². The first-order valence-corrected chi connectivity index (χ1v) is 23.5. The average Bonchev–Trinajstić information content (AvgIpc) is 3.50. The van der Waals surface area contributed by atoms with Gasteiger partial charge < -0.3 is 20.4 Å². The van der Waals surface area contributed by atoms with Gasteiger partial charge in [-0.3, -0.25) is 9.59 Å². The van der Waals surface area contributed by atoms with E-state index in [9.17, 15) is 19.8 Å². The Labute approximate surface area is 331 Å². The number of amides is 2. The molecule has 10 atom stereocenters. The first-order chi connectivity index (χ1) is 25.9. The maximum Gasteiger partial charge on any atom is 0.222 e. The Bertz CT molecular complexity index is 1200. The second-order valence-corrected chi connectivity index (χ2v) is 20.2. The van der Waals surface area contributed by atoms with E-state index in [1.54, 1.807) is 0 Å². The monoisotopic (exact) mass is 753 g/mol. The van der Waals surface area contributed by atoms with Gasteiger partial charge >= 0.3 is 0 Å². The third-order valence-corrected chi connectivity index (χ3v) is 16.8. The normalized spacial score (nSPS) is 36.1. The molecule has 4 saturated carbocycles. The van der Waals surface area contributed by atoms with Gasteiger partial charge in [0.05, 0.1) is 12.2 Å². The minimum absolute atomic E-state index is 0.0214. The smallest absolute Gasteiger partial charge is 0.222 e. The largest absolute Gasteiger partial charge is 0.393 e. The highest BCUT2D eigenvalue weighted by molar-refractivity contribution is 5.77. The number of likely N-dealkylation sites (tertiary alicyclic amines) is 1. The standard InChI is InChI=1S/C48H84N2O4/c1-6-7-8-9-10-11-12-13-14-15-16-17-18-19-20-21-44(54)50-32-28-37(29-33-50)49-43(53)25-22-36(2)39-23-24-40-45-41(27-30-47(39,40)4)48(5)31-26-38(51)34-46(48,3)35-42(45)52/h13-14,36-42,45,51-52H,6-12,15-35H2,1-5H3,(H,49,53). The summed E-state index contributed by atoms with van der Waals surface area (Å²) < 4.78 is 0. The van der Waals surface area contributed by atoms with Crippen LogP contribution in [0.4, 0.5) is 0 Å². The molecule has 1 saturated heterocycles. The molecule has 0 spiro atoms. The molecule has 0 aromatic carbocycles. The highest BCUT2D eigenvalue weighted by Gasteiger charge is 2.65. The number of aliphatic hydroxyl groups is 2. The quantitative estimate of drug-likeness (QED) is 0.0853. The van der Waals surface area contributed by atoms with E-state index < -0.39 is 0 Å². The maximum absolute atomic E-state index is 13.2. The number of nitrogens with one attached hydrogen (secondary N) is 1. The Morgan fingerprint density at radius 3 is 2.09 bits per heavy atom. The van der Waals surface area contributed by atoms with Gasteiger partial charge in [-0.15, -0.1) is 0 Å². The SMILES string of the molecule is CCCCCCCCC=CCCCCCCCC(=O)N1CCC(NC(=O)CCC(C)C2CCC3C4C(O)CC5(C)CC(O)CCC5(C)C4CCC23C)CC1. The van der Waals surface area contributed by atoms with Crippen LogP contribution in [0.3, 0.4) is 0 Å². The Morgan fingerprint density at radius 2 is 1.41 bits per heavy atom.